The quantitative estimate of drug-likeness (QED) is 0.508. The van der Waals surface area contributed by atoms with Crippen LogP contribution in [0, 0.1) is 24.2 Å². The number of amides is 1. The normalized spacial score (nSPS) is 19.1. The van der Waals surface area contributed by atoms with Crippen LogP contribution >= 0.6 is 24.0 Å². The molecule has 6 nitrogen and oxygen atoms in total. The molecule has 2 fully saturated rings. The number of hydrogen-bond donors (Lipinski definition) is 0. The highest BCUT2D eigenvalue weighted by Crippen LogP contribution is 2.36. The largest absolute Gasteiger partial charge is 0.357 e. The minimum atomic E-state index is -0.295. The predicted octanol–water partition coefficient (Wildman–Crippen LogP) is 3.80. The summed E-state index contributed by atoms with van der Waals surface area (Å²) in [7, 11) is 1.71. The molecule has 30 heavy (non-hydrogen) atoms. The van der Waals surface area contributed by atoms with E-state index >= 15 is 0 Å². The van der Waals surface area contributed by atoms with E-state index in [1.807, 2.05) is 6.08 Å². The van der Waals surface area contributed by atoms with E-state index in [0.29, 0.717) is 27.3 Å². The Morgan fingerprint density at radius 1 is 1.30 bits per heavy atom. The molecule has 8 heteroatoms. The monoisotopic (exact) mass is 444 g/mol. The van der Waals surface area contributed by atoms with Crippen LogP contribution in [-0.2, 0) is 11.8 Å². The van der Waals surface area contributed by atoms with Gasteiger partial charge in [0.2, 0.25) is 0 Å². The number of hydrogen-bond acceptors (Lipinski definition) is 6. The van der Waals surface area contributed by atoms with Crippen molar-refractivity contribution < 1.29 is 4.79 Å². The van der Waals surface area contributed by atoms with Crippen LogP contribution in [0.25, 0.3) is 6.08 Å². The molecule has 0 saturated carbocycles. The van der Waals surface area contributed by atoms with Crippen LogP contribution in [0.2, 0.25) is 0 Å². The Balaban J connectivity index is 2.12. The fraction of sp³-hybridized carbons (Fsp3) is 0.545. The first-order valence-electron chi connectivity index (χ1n) is 10.4. The van der Waals surface area contributed by atoms with Crippen molar-refractivity contribution in [2.24, 2.45) is 13.0 Å². The maximum atomic E-state index is 13.0. The standard InChI is InChI=1S/C22H28N4O2S2/c1-5-6-9-26-21(28)18(30-22(26)29)12-16-15(3)17(13-23)20(27)24(4)19(16)25-10-7-14(2)8-11-25/h12,14H,5-11H2,1-4H3/b18-12-. The van der Waals surface area contributed by atoms with Gasteiger partial charge in [-0.15, -0.1) is 0 Å². The molecule has 2 aliphatic rings. The molecule has 0 radical (unpaired) electrons. The average Bonchev–Trinajstić information content (AvgIpc) is 2.99. The zero-order valence-corrected chi connectivity index (χ0v) is 19.7. The van der Waals surface area contributed by atoms with Gasteiger partial charge in [-0.2, -0.15) is 5.26 Å². The van der Waals surface area contributed by atoms with Gasteiger partial charge in [-0.3, -0.25) is 19.1 Å². The van der Waals surface area contributed by atoms with Crippen LogP contribution < -0.4 is 10.5 Å². The Hall–Kier alpha value is -2.11. The molecule has 0 atom stereocenters. The molecule has 0 unspecified atom stereocenters. The Kier molecular flexibility index (Phi) is 7.04. The average molecular weight is 445 g/mol. The summed E-state index contributed by atoms with van der Waals surface area (Å²) in [6.45, 7) is 8.42. The van der Waals surface area contributed by atoms with E-state index < -0.39 is 0 Å². The van der Waals surface area contributed by atoms with Crippen molar-refractivity contribution in [2.75, 3.05) is 24.5 Å². The van der Waals surface area contributed by atoms with E-state index in [1.165, 1.54) is 11.8 Å². The molecule has 2 aliphatic heterocycles. The number of piperidine rings is 1. The van der Waals surface area contributed by atoms with E-state index in [2.05, 4.69) is 24.8 Å². The summed E-state index contributed by atoms with van der Waals surface area (Å²) in [6.07, 6.45) is 5.80. The zero-order chi connectivity index (χ0) is 22.0. The highest BCUT2D eigenvalue weighted by Gasteiger charge is 2.33. The van der Waals surface area contributed by atoms with Crippen LogP contribution in [-0.4, -0.2) is 39.3 Å². The van der Waals surface area contributed by atoms with Crippen molar-refractivity contribution in [3.63, 3.8) is 0 Å². The number of nitrogens with zero attached hydrogens (tertiary/aromatic N) is 4. The number of rotatable bonds is 5. The van der Waals surface area contributed by atoms with Crippen molar-refractivity contribution in [3.8, 4) is 6.07 Å². The second-order valence-electron chi connectivity index (χ2n) is 8.07. The Bertz CT molecular complexity index is 998. The molecule has 0 aliphatic carbocycles. The van der Waals surface area contributed by atoms with Gasteiger partial charge in [0.05, 0.1) is 4.91 Å². The number of aromatic nitrogens is 1. The lowest BCUT2D eigenvalue weighted by Crippen LogP contribution is -2.38. The maximum absolute atomic E-state index is 13.0. The van der Waals surface area contributed by atoms with Crippen LogP contribution in [0.15, 0.2) is 9.70 Å². The highest BCUT2D eigenvalue weighted by molar-refractivity contribution is 8.26. The van der Waals surface area contributed by atoms with Crippen LogP contribution in [0.1, 0.15) is 56.2 Å². The van der Waals surface area contributed by atoms with Crippen molar-refractivity contribution in [1.82, 2.24) is 9.47 Å². The number of anilines is 1. The van der Waals surface area contributed by atoms with Crippen molar-refractivity contribution >= 4 is 46.1 Å². The molecule has 0 bridgehead atoms. The molecule has 2 saturated heterocycles. The minimum Gasteiger partial charge on any atom is -0.357 e. The molecular weight excluding hydrogens is 416 g/mol. The van der Waals surface area contributed by atoms with Gasteiger partial charge in [0.15, 0.2) is 0 Å². The van der Waals surface area contributed by atoms with Gasteiger partial charge in [-0.05, 0) is 43.7 Å². The van der Waals surface area contributed by atoms with Crippen LogP contribution in [0.4, 0.5) is 5.82 Å². The third-order valence-corrected chi connectivity index (χ3v) is 7.31. The number of pyridine rings is 1. The molecule has 1 amide bonds. The lowest BCUT2D eigenvalue weighted by atomic mass is 9.97. The first kappa shape index (κ1) is 22.6. The molecule has 3 rings (SSSR count). The summed E-state index contributed by atoms with van der Waals surface area (Å²) in [5, 5.41) is 9.58. The number of unbranched alkanes of at least 4 members (excludes halogenated alkanes) is 1. The zero-order valence-electron chi connectivity index (χ0n) is 18.0. The van der Waals surface area contributed by atoms with Crippen LogP contribution in [0.5, 0.6) is 0 Å². The molecule has 3 heterocycles. The molecule has 160 valence electrons. The summed E-state index contributed by atoms with van der Waals surface area (Å²) >= 11 is 6.73. The SMILES string of the molecule is CCCCN1C(=O)/C(=C/c2c(C)c(C#N)c(=O)n(C)c2N2CCC(C)CC2)SC1=S. The Morgan fingerprint density at radius 3 is 2.57 bits per heavy atom. The van der Waals surface area contributed by atoms with E-state index in [9.17, 15) is 14.9 Å². The number of carbonyl (C=O) groups is 1. The summed E-state index contributed by atoms with van der Waals surface area (Å²) < 4.78 is 2.13. The van der Waals surface area contributed by atoms with Gasteiger partial charge >= 0.3 is 0 Å². The second-order valence-corrected chi connectivity index (χ2v) is 9.75. The summed E-state index contributed by atoms with van der Waals surface area (Å²) in [5.74, 6) is 1.33. The molecule has 1 aromatic heterocycles. The van der Waals surface area contributed by atoms with Gasteiger partial charge in [0.1, 0.15) is 21.8 Å². The molecule has 1 aromatic rings. The molecule has 0 N–H and O–H groups in total. The summed E-state index contributed by atoms with van der Waals surface area (Å²) in [6, 6.07) is 2.05. The lowest BCUT2D eigenvalue weighted by molar-refractivity contribution is -0.122. The van der Waals surface area contributed by atoms with E-state index in [4.69, 9.17) is 12.2 Å². The van der Waals surface area contributed by atoms with Gasteiger partial charge in [-0.1, -0.05) is 44.2 Å². The fourth-order valence-electron chi connectivity index (χ4n) is 3.95. The number of thiocarbonyl (C=S) groups is 1. The number of nitriles is 1. The minimum absolute atomic E-state index is 0.0940. The van der Waals surface area contributed by atoms with Crippen molar-refractivity contribution in [1.29, 1.82) is 5.26 Å². The van der Waals surface area contributed by atoms with E-state index in [1.54, 1.807) is 23.4 Å². The smallest absolute Gasteiger partial charge is 0.270 e. The first-order chi connectivity index (χ1) is 14.3. The summed E-state index contributed by atoms with van der Waals surface area (Å²) in [4.78, 5) is 30.2. The number of thioether (sulfide) groups is 1. The third kappa shape index (κ3) is 4.19. The maximum Gasteiger partial charge on any atom is 0.270 e. The van der Waals surface area contributed by atoms with Crippen LogP contribution in [0.3, 0.4) is 0 Å². The predicted molar refractivity (Wildman–Crippen MR) is 127 cm³/mol. The Morgan fingerprint density at radius 2 is 1.97 bits per heavy atom. The van der Waals surface area contributed by atoms with Gasteiger partial charge in [0.25, 0.3) is 11.5 Å². The van der Waals surface area contributed by atoms with Gasteiger partial charge < -0.3 is 4.90 Å². The van der Waals surface area contributed by atoms with Gasteiger partial charge in [0, 0.05) is 32.2 Å². The second kappa shape index (κ2) is 9.36. The lowest BCUT2D eigenvalue weighted by Gasteiger charge is -2.34. The van der Waals surface area contributed by atoms with Gasteiger partial charge in [-0.25, -0.2) is 0 Å². The fourth-order valence-corrected chi connectivity index (χ4v) is 5.25. The number of carbonyl (C=O) groups excluding carboxylic acids is 1. The Labute approximate surface area is 187 Å². The molecular formula is C22H28N4O2S2. The first-order valence-corrected chi connectivity index (χ1v) is 11.7. The topological polar surface area (TPSA) is 69.3 Å². The van der Waals surface area contributed by atoms with Crippen molar-refractivity contribution in [3.05, 3.63) is 31.9 Å². The van der Waals surface area contributed by atoms with E-state index in [-0.39, 0.29) is 17.0 Å². The van der Waals surface area contributed by atoms with Crippen molar-refractivity contribution in [2.45, 2.75) is 46.5 Å². The third-order valence-electron chi connectivity index (χ3n) is 5.94. The summed E-state index contributed by atoms with van der Waals surface area (Å²) in [5.41, 5.74) is 1.21. The molecule has 0 spiro atoms. The molecule has 0 aromatic carbocycles. The highest BCUT2D eigenvalue weighted by atomic mass is 32.2. The van der Waals surface area contributed by atoms with E-state index in [0.717, 1.165) is 50.2 Å².